The third-order valence-corrected chi connectivity index (χ3v) is 5.26. The van der Waals surface area contributed by atoms with E-state index in [9.17, 15) is 0 Å². The first-order valence-electron chi connectivity index (χ1n) is 8.02. The first-order valence-corrected chi connectivity index (χ1v) is 8.90. The van der Waals surface area contributed by atoms with Crippen LogP contribution in [-0.2, 0) is 9.53 Å². The van der Waals surface area contributed by atoms with E-state index in [1.807, 2.05) is 6.92 Å². The van der Waals surface area contributed by atoms with Crippen molar-refractivity contribution in [2.45, 2.75) is 38.5 Å². The molecule has 4 rings (SSSR count). The summed E-state index contributed by atoms with van der Waals surface area (Å²) in [7, 11) is 0. The van der Waals surface area contributed by atoms with Crippen molar-refractivity contribution in [3.8, 4) is 0 Å². The molecule has 2 aliphatic rings. The lowest BCUT2D eigenvalue weighted by atomic mass is 10.1. The lowest BCUT2D eigenvalue weighted by molar-refractivity contribution is -0.122. The van der Waals surface area contributed by atoms with E-state index in [1.54, 1.807) is 11.3 Å². The van der Waals surface area contributed by atoms with Crippen LogP contribution in [0.15, 0.2) is 11.4 Å². The third-order valence-electron chi connectivity index (χ3n) is 4.35. The first-order chi connectivity index (χ1) is 11.6. The Morgan fingerprint density at radius 2 is 2.25 bits per heavy atom. The number of ether oxygens (including phenoxy) is 1. The molecule has 4 heterocycles. The maximum Gasteiger partial charge on any atom is 0.290 e. The van der Waals surface area contributed by atoms with Gasteiger partial charge in [0.2, 0.25) is 0 Å². The van der Waals surface area contributed by atoms with E-state index in [0.717, 1.165) is 48.0 Å². The van der Waals surface area contributed by atoms with E-state index in [-0.39, 0.29) is 6.47 Å². The second-order valence-electron chi connectivity index (χ2n) is 6.19. The Balaban J connectivity index is 0.000000526. The fourth-order valence-electron chi connectivity index (χ4n) is 3.41. The van der Waals surface area contributed by atoms with Crippen LogP contribution in [0.1, 0.15) is 19.2 Å². The van der Waals surface area contributed by atoms with Gasteiger partial charge in [-0.1, -0.05) is 0 Å². The number of carboxylic acid groups (broad SMARTS) is 1. The van der Waals surface area contributed by atoms with Gasteiger partial charge in [-0.25, -0.2) is 9.97 Å². The Morgan fingerprint density at radius 1 is 1.46 bits per heavy atom. The van der Waals surface area contributed by atoms with Crippen LogP contribution < -0.4 is 5.32 Å². The van der Waals surface area contributed by atoms with Crippen molar-refractivity contribution in [3.05, 3.63) is 17.3 Å². The smallest absolute Gasteiger partial charge is 0.290 e. The number of anilines is 1. The average Bonchev–Trinajstić information content (AvgIpc) is 3.13. The molecular weight excluding hydrogens is 328 g/mol. The zero-order valence-electron chi connectivity index (χ0n) is 13.8. The first kappa shape index (κ1) is 17.1. The number of aryl methyl sites for hydroxylation is 1. The van der Waals surface area contributed by atoms with Gasteiger partial charge in [-0.3, -0.25) is 9.69 Å². The highest BCUT2D eigenvalue weighted by Crippen LogP contribution is 2.29. The minimum Gasteiger partial charge on any atom is -0.483 e. The minimum absolute atomic E-state index is 0.250. The normalized spacial score (nSPS) is 26.5. The lowest BCUT2D eigenvalue weighted by Crippen LogP contribution is -2.45. The fourth-order valence-corrected chi connectivity index (χ4v) is 4.20. The summed E-state index contributed by atoms with van der Waals surface area (Å²) < 4.78 is 6.94. The van der Waals surface area contributed by atoms with Crippen LogP contribution in [0.3, 0.4) is 0 Å². The van der Waals surface area contributed by atoms with Crippen LogP contribution in [0, 0.1) is 6.92 Å². The monoisotopic (exact) mass is 350 g/mol. The molecule has 0 amide bonds. The van der Waals surface area contributed by atoms with Gasteiger partial charge in [0.05, 0.1) is 22.9 Å². The number of nitrogens with one attached hydrogen (secondary N) is 1. The highest BCUT2D eigenvalue weighted by atomic mass is 32.1. The van der Waals surface area contributed by atoms with Crippen LogP contribution >= 0.6 is 11.3 Å². The van der Waals surface area contributed by atoms with Gasteiger partial charge in [0.1, 0.15) is 11.6 Å². The predicted molar refractivity (Wildman–Crippen MR) is 93.6 cm³/mol. The molecule has 24 heavy (non-hydrogen) atoms. The number of nitrogens with zero attached hydrogens (tertiary/aromatic N) is 3. The molecule has 2 saturated heterocycles. The summed E-state index contributed by atoms with van der Waals surface area (Å²) in [5, 5.41) is 12.6. The summed E-state index contributed by atoms with van der Waals surface area (Å²) in [6, 6.07) is 3.07. The van der Waals surface area contributed by atoms with Gasteiger partial charge < -0.3 is 15.2 Å². The maximum absolute atomic E-state index is 8.36. The molecule has 130 valence electrons. The predicted octanol–water partition coefficient (Wildman–Crippen LogP) is 1.97. The third kappa shape index (κ3) is 3.66. The van der Waals surface area contributed by atoms with Gasteiger partial charge in [0.25, 0.3) is 6.47 Å². The Morgan fingerprint density at radius 3 is 3.04 bits per heavy atom. The number of thiophene rings is 1. The van der Waals surface area contributed by atoms with Crippen LogP contribution in [0.4, 0.5) is 5.82 Å². The number of hydrogen-bond acceptors (Lipinski definition) is 7. The summed E-state index contributed by atoms with van der Waals surface area (Å²) in [6.07, 6.45) is 1.48. The molecule has 2 aromatic heterocycles. The van der Waals surface area contributed by atoms with Crippen molar-refractivity contribution in [1.82, 2.24) is 14.9 Å². The van der Waals surface area contributed by atoms with Crippen LogP contribution in [-0.4, -0.2) is 64.3 Å². The van der Waals surface area contributed by atoms with Crippen molar-refractivity contribution < 1.29 is 14.6 Å². The molecule has 2 fully saturated rings. The molecule has 0 spiro atoms. The Labute approximate surface area is 144 Å². The SMILES string of the molecule is Cc1nc(N[C@H]2C[C@H]3CO[C@@H](C)CN3C2)c2sccc2n1.O=CO. The van der Waals surface area contributed by atoms with E-state index in [1.165, 1.54) is 0 Å². The van der Waals surface area contributed by atoms with Crippen molar-refractivity contribution in [1.29, 1.82) is 0 Å². The molecule has 2 aliphatic heterocycles. The number of rotatable bonds is 2. The van der Waals surface area contributed by atoms with E-state index in [0.29, 0.717) is 18.2 Å². The lowest BCUT2D eigenvalue weighted by Gasteiger charge is -2.33. The average molecular weight is 350 g/mol. The Bertz CT molecular complexity index is 708. The fraction of sp³-hybridized carbons (Fsp3) is 0.562. The maximum atomic E-state index is 8.36. The van der Waals surface area contributed by atoms with E-state index in [4.69, 9.17) is 14.6 Å². The highest BCUT2D eigenvalue weighted by Gasteiger charge is 2.36. The molecule has 0 bridgehead atoms. The standard InChI is InChI=1S/C15H20N4OS.CH2O2/c1-9-6-19-7-11(5-12(19)8-20-9)18-15-14-13(3-4-21-14)16-10(2)17-15;2-1-3/h3-4,9,11-12H,5-8H2,1-2H3,(H,16,17,18);1H,(H,2,3)/t9-,11-,12-;/m0./s1. The molecule has 0 unspecified atom stereocenters. The summed E-state index contributed by atoms with van der Waals surface area (Å²) in [6.45, 7) is 6.83. The molecule has 7 nitrogen and oxygen atoms in total. The quantitative estimate of drug-likeness (QED) is 0.801. The molecule has 0 saturated carbocycles. The number of fused-ring (bicyclic) bond motifs is 2. The van der Waals surface area contributed by atoms with E-state index in [2.05, 4.69) is 38.6 Å². The van der Waals surface area contributed by atoms with Gasteiger partial charge in [-0.2, -0.15) is 0 Å². The zero-order valence-corrected chi connectivity index (χ0v) is 14.6. The molecular formula is C16H22N4O3S. The number of aromatic nitrogens is 2. The van der Waals surface area contributed by atoms with Crippen molar-refractivity contribution in [3.63, 3.8) is 0 Å². The number of morpholine rings is 1. The molecule has 0 aromatic carbocycles. The van der Waals surface area contributed by atoms with Gasteiger partial charge in [0.15, 0.2) is 0 Å². The van der Waals surface area contributed by atoms with Crippen molar-refractivity contribution >= 4 is 33.8 Å². The van der Waals surface area contributed by atoms with Crippen molar-refractivity contribution in [2.24, 2.45) is 0 Å². The molecule has 8 heteroatoms. The van der Waals surface area contributed by atoms with Crippen molar-refractivity contribution in [2.75, 3.05) is 25.0 Å². The minimum atomic E-state index is -0.250. The summed E-state index contributed by atoms with van der Waals surface area (Å²) in [5.74, 6) is 1.82. The zero-order chi connectivity index (χ0) is 17.1. The Kier molecular flexibility index (Phi) is 5.27. The number of hydrogen-bond donors (Lipinski definition) is 2. The Hall–Kier alpha value is -1.77. The number of carbonyl (C=O) groups is 1. The molecule has 0 radical (unpaired) electrons. The second kappa shape index (κ2) is 7.42. The van der Waals surface area contributed by atoms with Gasteiger partial charge in [-0.05, 0) is 31.7 Å². The largest absolute Gasteiger partial charge is 0.483 e. The van der Waals surface area contributed by atoms with Gasteiger partial charge in [0, 0.05) is 25.2 Å². The molecule has 2 N–H and O–H groups in total. The van der Waals surface area contributed by atoms with Crippen LogP contribution in [0.2, 0.25) is 0 Å². The summed E-state index contributed by atoms with van der Waals surface area (Å²) in [5.41, 5.74) is 1.04. The summed E-state index contributed by atoms with van der Waals surface area (Å²) >= 11 is 1.71. The topological polar surface area (TPSA) is 87.6 Å². The molecule has 0 aliphatic carbocycles. The molecule has 2 aromatic rings. The second-order valence-corrected chi connectivity index (χ2v) is 7.10. The van der Waals surface area contributed by atoms with Crippen LogP contribution in [0.5, 0.6) is 0 Å². The van der Waals surface area contributed by atoms with Crippen LogP contribution in [0.25, 0.3) is 10.2 Å². The highest BCUT2D eigenvalue weighted by molar-refractivity contribution is 7.17. The van der Waals surface area contributed by atoms with Gasteiger partial charge >= 0.3 is 0 Å². The van der Waals surface area contributed by atoms with E-state index < -0.39 is 0 Å². The van der Waals surface area contributed by atoms with Gasteiger partial charge in [-0.15, -0.1) is 11.3 Å². The van der Waals surface area contributed by atoms with E-state index >= 15 is 0 Å². The molecule has 3 atom stereocenters. The summed E-state index contributed by atoms with van der Waals surface area (Å²) in [4.78, 5) is 20.0.